The maximum atomic E-state index is 5.76. The van der Waals surface area contributed by atoms with Crippen LogP contribution in [-0.4, -0.2) is 13.1 Å². The van der Waals surface area contributed by atoms with Crippen molar-refractivity contribution in [1.29, 1.82) is 0 Å². The molecule has 1 heterocycles. The molecular weight excluding hydrogens is 160 g/mol. The summed E-state index contributed by atoms with van der Waals surface area (Å²) in [5.74, 6) is 0.845. The zero-order chi connectivity index (χ0) is 9.42. The van der Waals surface area contributed by atoms with Gasteiger partial charge in [-0.1, -0.05) is 6.92 Å². The number of nitrogens with two attached hydrogens (primary N) is 1. The van der Waals surface area contributed by atoms with Crippen LogP contribution in [0.15, 0.2) is 18.2 Å². The van der Waals surface area contributed by atoms with Gasteiger partial charge in [-0.05, 0) is 36.6 Å². The van der Waals surface area contributed by atoms with Crippen molar-refractivity contribution in [1.82, 2.24) is 0 Å². The summed E-state index contributed by atoms with van der Waals surface area (Å²) in [4.78, 5) is 2.39. The van der Waals surface area contributed by atoms with Crippen LogP contribution in [0.25, 0.3) is 0 Å². The summed E-state index contributed by atoms with van der Waals surface area (Å²) in [6.07, 6.45) is 0. The van der Waals surface area contributed by atoms with Gasteiger partial charge in [-0.2, -0.15) is 0 Å². The summed E-state index contributed by atoms with van der Waals surface area (Å²) < 4.78 is 0. The Morgan fingerprint density at radius 1 is 1.38 bits per heavy atom. The van der Waals surface area contributed by atoms with Gasteiger partial charge in [0.15, 0.2) is 0 Å². The number of rotatable bonds is 1. The first-order valence-corrected chi connectivity index (χ1v) is 4.78. The van der Waals surface area contributed by atoms with Crippen LogP contribution < -0.4 is 10.6 Å². The summed E-state index contributed by atoms with van der Waals surface area (Å²) >= 11 is 0. The standard InChI is InChI=1S/C11H16N2/c1-8-6-13(7-8)10-3-4-11(12)9(2)5-10/h3-5,8H,6-7,12H2,1-2H3. The van der Waals surface area contributed by atoms with E-state index in [0.717, 1.165) is 11.6 Å². The van der Waals surface area contributed by atoms with Crippen LogP contribution in [0, 0.1) is 12.8 Å². The molecule has 1 aliphatic heterocycles. The van der Waals surface area contributed by atoms with Crippen LogP contribution in [0.2, 0.25) is 0 Å². The topological polar surface area (TPSA) is 29.3 Å². The van der Waals surface area contributed by atoms with E-state index in [1.54, 1.807) is 0 Å². The second-order valence-corrected chi connectivity index (χ2v) is 4.05. The van der Waals surface area contributed by atoms with Gasteiger partial charge in [0, 0.05) is 24.5 Å². The molecule has 1 saturated heterocycles. The van der Waals surface area contributed by atoms with Crippen molar-refractivity contribution in [3.05, 3.63) is 23.8 Å². The molecule has 0 atom stereocenters. The highest BCUT2D eigenvalue weighted by atomic mass is 15.2. The summed E-state index contributed by atoms with van der Waals surface area (Å²) in [5, 5.41) is 0. The molecule has 2 nitrogen and oxygen atoms in total. The van der Waals surface area contributed by atoms with E-state index in [9.17, 15) is 0 Å². The minimum absolute atomic E-state index is 0.845. The fourth-order valence-electron chi connectivity index (χ4n) is 1.77. The first-order chi connectivity index (χ1) is 6.16. The lowest BCUT2D eigenvalue weighted by atomic mass is 10.0. The third-order valence-corrected chi connectivity index (χ3v) is 2.68. The molecule has 0 unspecified atom stereocenters. The Morgan fingerprint density at radius 2 is 2.08 bits per heavy atom. The number of hydrogen-bond acceptors (Lipinski definition) is 2. The molecule has 0 aromatic heterocycles. The normalized spacial score (nSPS) is 17.2. The lowest BCUT2D eigenvalue weighted by Crippen LogP contribution is -2.45. The molecule has 2 heteroatoms. The van der Waals surface area contributed by atoms with Gasteiger partial charge in [0.05, 0.1) is 0 Å². The molecule has 0 saturated carbocycles. The monoisotopic (exact) mass is 176 g/mol. The van der Waals surface area contributed by atoms with Crippen molar-refractivity contribution in [3.63, 3.8) is 0 Å². The molecule has 2 N–H and O–H groups in total. The maximum absolute atomic E-state index is 5.76. The molecule has 13 heavy (non-hydrogen) atoms. The molecule has 1 aliphatic rings. The Labute approximate surface area is 79.4 Å². The quantitative estimate of drug-likeness (QED) is 0.663. The molecule has 2 rings (SSSR count). The van der Waals surface area contributed by atoms with Crippen molar-refractivity contribution in [2.45, 2.75) is 13.8 Å². The Hall–Kier alpha value is -1.18. The second-order valence-electron chi connectivity index (χ2n) is 4.05. The fraction of sp³-hybridized carbons (Fsp3) is 0.455. The molecule has 1 aromatic carbocycles. The minimum atomic E-state index is 0.845. The van der Waals surface area contributed by atoms with E-state index >= 15 is 0 Å². The molecule has 70 valence electrons. The number of nitrogens with zero attached hydrogens (tertiary/aromatic N) is 1. The second kappa shape index (κ2) is 2.95. The molecule has 0 spiro atoms. The van der Waals surface area contributed by atoms with E-state index in [1.807, 2.05) is 6.07 Å². The number of aryl methyl sites for hydroxylation is 1. The third kappa shape index (κ3) is 1.48. The lowest BCUT2D eigenvalue weighted by molar-refractivity contribution is 0.447. The van der Waals surface area contributed by atoms with Gasteiger partial charge >= 0.3 is 0 Å². The fourth-order valence-corrected chi connectivity index (χ4v) is 1.77. The van der Waals surface area contributed by atoms with E-state index < -0.39 is 0 Å². The van der Waals surface area contributed by atoms with E-state index in [0.29, 0.717) is 0 Å². The zero-order valence-electron chi connectivity index (χ0n) is 8.25. The Bertz CT molecular complexity index is 314. The van der Waals surface area contributed by atoms with Gasteiger partial charge in [-0.25, -0.2) is 0 Å². The van der Waals surface area contributed by atoms with Gasteiger partial charge in [0.2, 0.25) is 0 Å². The minimum Gasteiger partial charge on any atom is -0.399 e. The van der Waals surface area contributed by atoms with Crippen LogP contribution in [0.3, 0.4) is 0 Å². The highest BCUT2D eigenvalue weighted by Crippen LogP contribution is 2.26. The molecule has 0 amide bonds. The first kappa shape index (κ1) is 8.42. The average molecular weight is 176 g/mol. The van der Waals surface area contributed by atoms with Gasteiger partial charge in [-0.3, -0.25) is 0 Å². The van der Waals surface area contributed by atoms with Crippen molar-refractivity contribution in [2.24, 2.45) is 5.92 Å². The number of anilines is 2. The zero-order valence-corrected chi connectivity index (χ0v) is 8.25. The highest BCUT2D eigenvalue weighted by molar-refractivity contribution is 5.59. The van der Waals surface area contributed by atoms with Crippen LogP contribution >= 0.6 is 0 Å². The third-order valence-electron chi connectivity index (χ3n) is 2.68. The highest BCUT2D eigenvalue weighted by Gasteiger charge is 2.22. The summed E-state index contributed by atoms with van der Waals surface area (Å²) in [6, 6.07) is 6.27. The van der Waals surface area contributed by atoms with Crippen LogP contribution in [0.1, 0.15) is 12.5 Å². The van der Waals surface area contributed by atoms with Crippen LogP contribution in [-0.2, 0) is 0 Å². The number of nitrogen functional groups attached to an aromatic ring is 1. The van der Waals surface area contributed by atoms with E-state index in [-0.39, 0.29) is 0 Å². The number of hydrogen-bond donors (Lipinski definition) is 1. The Morgan fingerprint density at radius 3 is 2.62 bits per heavy atom. The summed E-state index contributed by atoms with van der Waals surface area (Å²) in [6.45, 7) is 6.70. The van der Waals surface area contributed by atoms with E-state index in [2.05, 4.69) is 30.9 Å². The summed E-state index contributed by atoms with van der Waals surface area (Å²) in [5.41, 5.74) is 9.13. The van der Waals surface area contributed by atoms with Crippen molar-refractivity contribution < 1.29 is 0 Å². The van der Waals surface area contributed by atoms with Gasteiger partial charge in [0.25, 0.3) is 0 Å². The van der Waals surface area contributed by atoms with Gasteiger partial charge in [-0.15, -0.1) is 0 Å². The van der Waals surface area contributed by atoms with E-state index in [1.165, 1.54) is 24.3 Å². The predicted molar refractivity (Wildman–Crippen MR) is 57.0 cm³/mol. The van der Waals surface area contributed by atoms with Crippen LogP contribution in [0.4, 0.5) is 11.4 Å². The first-order valence-electron chi connectivity index (χ1n) is 4.78. The smallest absolute Gasteiger partial charge is 0.0370 e. The Balaban J connectivity index is 2.18. The van der Waals surface area contributed by atoms with Crippen LogP contribution in [0.5, 0.6) is 0 Å². The molecule has 0 bridgehead atoms. The Kier molecular flexibility index (Phi) is 1.91. The molecule has 1 aromatic rings. The van der Waals surface area contributed by atoms with Gasteiger partial charge < -0.3 is 10.6 Å². The SMILES string of the molecule is Cc1cc(N2CC(C)C2)ccc1N. The average Bonchev–Trinajstić information content (AvgIpc) is 2.05. The van der Waals surface area contributed by atoms with Crippen molar-refractivity contribution in [2.75, 3.05) is 23.7 Å². The predicted octanol–water partition coefficient (Wildman–Crippen LogP) is 2.03. The summed E-state index contributed by atoms with van der Waals surface area (Å²) in [7, 11) is 0. The lowest BCUT2D eigenvalue weighted by Gasteiger charge is -2.39. The van der Waals surface area contributed by atoms with E-state index in [4.69, 9.17) is 5.73 Å². The van der Waals surface area contributed by atoms with Crippen molar-refractivity contribution in [3.8, 4) is 0 Å². The molecular formula is C11H16N2. The molecule has 1 fully saturated rings. The van der Waals surface area contributed by atoms with Crippen molar-refractivity contribution >= 4 is 11.4 Å². The molecule has 0 aliphatic carbocycles. The molecule has 0 radical (unpaired) electrons. The largest absolute Gasteiger partial charge is 0.399 e. The van der Waals surface area contributed by atoms with Gasteiger partial charge in [0.1, 0.15) is 0 Å². The maximum Gasteiger partial charge on any atom is 0.0370 e. The number of benzene rings is 1.